The third kappa shape index (κ3) is 4.25. The van der Waals surface area contributed by atoms with Crippen LogP contribution in [0.2, 0.25) is 0 Å². The number of carbonyl (C=O) groups excluding carboxylic acids is 1. The van der Waals surface area contributed by atoms with Crippen LogP contribution in [0, 0.1) is 5.41 Å². The van der Waals surface area contributed by atoms with Gasteiger partial charge in [-0.1, -0.05) is 0 Å². The van der Waals surface area contributed by atoms with Crippen molar-refractivity contribution >= 4 is 29.4 Å². The molecule has 3 N–H and O–H groups in total. The van der Waals surface area contributed by atoms with E-state index in [0.29, 0.717) is 11.8 Å². The van der Waals surface area contributed by atoms with Crippen LogP contribution in [0.3, 0.4) is 0 Å². The second-order valence-electron chi connectivity index (χ2n) is 4.37. The molecule has 5 heteroatoms. The molecule has 1 aliphatic rings. The molecule has 1 aliphatic heterocycles. The highest BCUT2D eigenvalue weighted by Crippen LogP contribution is 2.23. The predicted molar refractivity (Wildman–Crippen MR) is 69.4 cm³/mol. The number of carbonyl (C=O) groups is 1. The van der Waals surface area contributed by atoms with Gasteiger partial charge in [0.15, 0.2) is 0 Å². The van der Waals surface area contributed by atoms with Gasteiger partial charge in [-0.25, -0.2) is 0 Å². The molecule has 0 radical (unpaired) electrons. The van der Waals surface area contributed by atoms with Gasteiger partial charge in [0.25, 0.3) is 0 Å². The lowest BCUT2D eigenvalue weighted by atomic mass is 9.93. The third-order valence-electron chi connectivity index (χ3n) is 2.50. The third-order valence-corrected chi connectivity index (χ3v) is 5.35. The Hall–Kier alpha value is 0.130. The fourth-order valence-electron chi connectivity index (χ4n) is 1.19. The summed E-state index contributed by atoms with van der Waals surface area (Å²) < 4.78 is 0. The molecule has 1 rings (SSSR count). The van der Waals surface area contributed by atoms with Gasteiger partial charge in [0.2, 0.25) is 5.91 Å². The highest BCUT2D eigenvalue weighted by atomic mass is 32.2. The molecule has 1 saturated heterocycles. The molecule has 0 aromatic carbocycles. The smallest absolute Gasteiger partial charge is 0.226 e. The molecule has 3 nitrogen and oxygen atoms in total. The van der Waals surface area contributed by atoms with E-state index in [9.17, 15) is 4.79 Å². The molecule has 1 heterocycles. The van der Waals surface area contributed by atoms with E-state index in [1.807, 2.05) is 37.4 Å². The summed E-state index contributed by atoms with van der Waals surface area (Å²) >= 11 is 3.93. The number of thioether (sulfide) groups is 2. The minimum atomic E-state index is -0.438. The van der Waals surface area contributed by atoms with Crippen LogP contribution < -0.4 is 11.1 Å². The van der Waals surface area contributed by atoms with Crippen molar-refractivity contribution in [2.45, 2.75) is 19.1 Å². The average Bonchev–Trinajstić information content (AvgIpc) is 2.27. The fraction of sp³-hybridized carbons (Fsp3) is 0.900. The van der Waals surface area contributed by atoms with E-state index >= 15 is 0 Å². The maximum atomic E-state index is 11.7. The molecule has 1 fully saturated rings. The zero-order chi connectivity index (χ0) is 11.3. The number of nitrogens with two attached hydrogens (primary N) is 1. The van der Waals surface area contributed by atoms with E-state index in [4.69, 9.17) is 5.73 Å². The van der Waals surface area contributed by atoms with Crippen LogP contribution in [0.1, 0.15) is 13.8 Å². The second kappa shape index (κ2) is 6.01. The molecule has 0 saturated carbocycles. The number of hydrogen-bond donors (Lipinski definition) is 2. The molecular weight excluding hydrogens is 228 g/mol. The normalized spacial score (nSPS) is 22.5. The summed E-state index contributed by atoms with van der Waals surface area (Å²) in [5.41, 5.74) is 5.11. The molecule has 1 atom stereocenters. The lowest BCUT2D eigenvalue weighted by Crippen LogP contribution is -2.44. The molecule has 1 unspecified atom stereocenters. The minimum absolute atomic E-state index is 0.0705. The van der Waals surface area contributed by atoms with Gasteiger partial charge in [0.1, 0.15) is 0 Å². The van der Waals surface area contributed by atoms with Crippen LogP contribution in [0.5, 0.6) is 0 Å². The first kappa shape index (κ1) is 13.2. The van der Waals surface area contributed by atoms with Crippen LogP contribution >= 0.6 is 23.5 Å². The van der Waals surface area contributed by atoms with Crippen LogP contribution in [0.4, 0.5) is 0 Å². The Morgan fingerprint density at radius 2 is 2.27 bits per heavy atom. The van der Waals surface area contributed by atoms with E-state index in [2.05, 4.69) is 5.32 Å². The molecule has 0 aromatic heterocycles. The monoisotopic (exact) mass is 248 g/mol. The predicted octanol–water partition coefficient (Wildman–Crippen LogP) is 0.936. The SMILES string of the molecule is CC(C)(CN)C(=O)NCC1CSCCS1. The topological polar surface area (TPSA) is 55.1 Å². The Kier molecular flexibility index (Phi) is 5.29. The summed E-state index contributed by atoms with van der Waals surface area (Å²) in [6.07, 6.45) is 0. The first-order valence-electron chi connectivity index (χ1n) is 5.24. The quantitative estimate of drug-likeness (QED) is 0.777. The lowest BCUT2D eigenvalue weighted by Gasteiger charge is -2.25. The van der Waals surface area contributed by atoms with Crippen molar-refractivity contribution in [2.75, 3.05) is 30.3 Å². The van der Waals surface area contributed by atoms with Gasteiger partial charge in [-0.05, 0) is 13.8 Å². The largest absolute Gasteiger partial charge is 0.354 e. The van der Waals surface area contributed by atoms with Crippen LogP contribution in [0.25, 0.3) is 0 Å². The van der Waals surface area contributed by atoms with Crippen molar-refractivity contribution in [2.24, 2.45) is 11.1 Å². The van der Waals surface area contributed by atoms with Crippen LogP contribution in [-0.4, -0.2) is 41.5 Å². The summed E-state index contributed by atoms with van der Waals surface area (Å²) in [4.78, 5) is 11.7. The van der Waals surface area contributed by atoms with E-state index < -0.39 is 5.41 Å². The van der Waals surface area contributed by atoms with E-state index in [0.717, 1.165) is 12.3 Å². The standard InChI is InChI=1S/C10H20N2OS2/c1-10(2,7-11)9(13)12-5-8-6-14-3-4-15-8/h8H,3-7,11H2,1-2H3,(H,12,13). The Morgan fingerprint density at radius 1 is 1.53 bits per heavy atom. The van der Waals surface area contributed by atoms with Crippen molar-refractivity contribution in [1.29, 1.82) is 0 Å². The summed E-state index contributed by atoms with van der Waals surface area (Å²) in [5.74, 6) is 3.66. The molecule has 88 valence electrons. The minimum Gasteiger partial charge on any atom is -0.354 e. The zero-order valence-electron chi connectivity index (χ0n) is 9.41. The van der Waals surface area contributed by atoms with E-state index in [-0.39, 0.29) is 5.91 Å². The second-order valence-corrected chi connectivity index (χ2v) is 6.92. The highest BCUT2D eigenvalue weighted by Gasteiger charge is 2.26. The zero-order valence-corrected chi connectivity index (χ0v) is 11.0. The van der Waals surface area contributed by atoms with Gasteiger partial charge < -0.3 is 11.1 Å². The molecule has 0 bridgehead atoms. The lowest BCUT2D eigenvalue weighted by molar-refractivity contribution is -0.128. The number of nitrogens with one attached hydrogen (secondary N) is 1. The summed E-state index contributed by atoms with van der Waals surface area (Å²) in [5, 5.41) is 3.56. The molecule has 1 amide bonds. The number of hydrogen-bond acceptors (Lipinski definition) is 4. The number of rotatable bonds is 4. The molecule has 0 spiro atoms. The van der Waals surface area contributed by atoms with Gasteiger partial charge in [-0.2, -0.15) is 23.5 Å². The van der Waals surface area contributed by atoms with Crippen molar-refractivity contribution in [3.05, 3.63) is 0 Å². The van der Waals surface area contributed by atoms with Crippen LogP contribution in [-0.2, 0) is 4.79 Å². The van der Waals surface area contributed by atoms with Crippen molar-refractivity contribution in [3.8, 4) is 0 Å². The fourth-order valence-corrected chi connectivity index (χ4v) is 3.80. The summed E-state index contributed by atoms with van der Waals surface area (Å²) in [6, 6.07) is 0. The summed E-state index contributed by atoms with van der Waals surface area (Å²) in [7, 11) is 0. The van der Waals surface area contributed by atoms with Gasteiger partial charge in [-0.3, -0.25) is 4.79 Å². The highest BCUT2D eigenvalue weighted by molar-refractivity contribution is 8.06. The Balaban J connectivity index is 2.26. The molecular formula is C10H20N2OS2. The molecule has 0 aromatic rings. The maximum Gasteiger partial charge on any atom is 0.226 e. The van der Waals surface area contributed by atoms with Gasteiger partial charge in [-0.15, -0.1) is 0 Å². The summed E-state index contributed by atoms with van der Waals surface area (Å²) in [6.45, 7) is 4.93. The van der Waals surface area contributed by atoms with Crippen molar-refractivity contribution < 1.29 is 4.79 Å². The van der Waals surface area contributed by atoms with Crippen LogP contribution in [0.15, 0.2) is 0 Å². The van der Waals surface area contributed by atoms with E-state index in [1.54, 1.807) is 0 Å². The molecule has 15 heavy (non-hydrogen) atoms. The number of amides is 1. The average molecular weight is 248 g/mol. The van der Waals surface area contributed by atoms with Gasteiger partial charge in [0, 0.05) is 35.6 Å². The molecule has 0 aliphatic carbocycles. The van der Waals surface area contributed by atoms with Crippen molar-refractivity contribution in [3.63, 3.8) is 0 Å². The maximum absolute atomic E-state index is 11.7. The van der Waals surface area contributed by atoms with E-state index in [1.165, 1.54) is 11.5 Å². The van der Waals surface area contributed by atoms with Gasteiger partial charge in [0.05, 0.1) is 5.41 Å². The van der Waals surface area contributed by atoms with Crippen molar-refractivity contribution in [1.82, 2.24) is 5.32 Å². The Morgan fingerprint density at radius 3 is 2.80 bits per heavy atom. The Bertz CT molecular complexity index is 215. The Labute approximate surface area is 100 Å². The first-order chi connectivity index (χ1) is 7.06. The first-order valence-corrected chi connectivity index (χ1v) is 7.44. The van der Waals surface area contributed by atoms with Gasteiger partial charge >= 0.3 is 0 Å².